The Balaban J connectivity index is 1.37. The van der Waals surface area contributed by atoms with E-state index in [4.69, 9.17) is 16.3 Å². The molecule has 0 aliphatic heterocycles. The number of para-hydroxylation sites is 2. The Kier molecular flexibility index (Phi) is 6.44. The van der Waals surface area contributed by atoms with Gasteiger partial charge >= 0.3 is 12.0 Å². The number of halogens is 1. The van der Waals surface area contributed by atoms with Crippen LogP contribution >= 0.6 is 11.6 Å². The third-order valence-corrected chi connectivity index (χ3v) is 5.30. The molecular formula is C23H23ClN4O2. The fraction of sp³-hybridized carbons (Fsp3) is 0.261. The zero-order chi connectivity index (χ0) is 20.8. The van der Waals surface area contributed by atoms with Crippen LogP contribution in [0.2, 0.25) is 5.02 Å². The Morgan fingerprint density at radius 2 is 1.43 bits per heavy atom. The number of nitrogens with zero attached hydrogens (tertiary/aromatic N) is 3. The number of carbonyl (C=O) groups is 1. The van der Waals surface area contributed by atoms with Crippen molar-refractivity contribution >= 4 is 29.0 Å². The molecule has 154 valence electrons. The van der Waals surface area contributed by atoms with Gasteiger partial charge in [0, 0.05) is 6.04 Å². The van der Waals surface area contributed by atoms with E-state index < -0.39 is 0 Å². The fourth-order valence-corrected chi connectivity index (χ4v) is 3.71. The van der Waals surface area contributed by atoms with Crippen molar-refractivity contribution in [2.24, 2.45) is 0 Å². The fourth-order valence-electron chi connectivity index (χ4n) is 3.61. The molecular weight excluding hydrogens is 400 g/mol. The summed E-state index contributed by atoms with van der Waals surface area (Å²) >= 11 is 5.81. The molecule has 7 heteroatoms. The molecule has 30 heavy (non-hydrogen) atoms. The molecule has 4 rings (SSSR count). The Bertz CT molecular complexity index is 906. The number of hydrogen-bond acceptors (Lipinski definition) is 4. The number of aromatic nitrogens is 2. The number of benzene rings is 2. The number of carbonyl (C=O) groups excluding carboxylic acids is 1. The van der Waals surface area contributed by atoms with Crippen molar-refractivity contribution in [2.45, 2.75) is 37.8 Å². The molecule has 0 unspecified atom stereocenters. The minimum absolute atomic E-state index is 0.0404. The molecule has 1 aliphatic rings. The first-order valence-electron chi connectivity index (χ1n) is 10.0. The van der Waals surface area contributed by atoms with Crippen molar-refractivity contribution in [3.05, 3.63) is 78.1 Å². The Hall–Kier alpha value is -3.12. The molecule has 0 spiro atoms. The minimum atomic E-state index is -0.127. The van der Waals surface area contributed by atoms with Gasteiger partial charge in [-0.3, -0.25) is 4.90 Å². The summed E-state index contributed by atoms with van der Waals surface area (Å²) < 4.78 is 5.85. The predicted molar refractivity (Wildman–Crippen MR) is 117 cm³/mol. The molecule has 0 radical (unpaired) electrons. The van der Waals surface area contributed by atoms with E-state index in [2.05, 4.69) is 15.3 Å². The van der Waals surface area contributed by atoms with Crippen LogP contribution in [0.1, 0.15) is 25.7 Å². The van der Waals surface area contributed by atoms with E-state index in [0.29, 0.717) is 11.0 Å². The summed E-state index contributed by atoms with van der Waals surface area (Å²) in [6.07, 6.45) is 6.41. The third kappa shape index (κ3) is 5.07. The van der Waals surface area contributed by atoms with Gasteiger partial charge in [-0.05, 0) is 49.9 Å². The summed E-state index contributed by atoms with van der Waals surface area (Å²) in [6, 6.07) is 19.6. The van der Waals surface area contributed by atoms with Crippen LogP contribution in [0.25, 0.3) is 0 Å². The van der Waals surface area contributed by atoms with Gasteiger partial charge in [-0.1, -0.05) is 48.0 Å². The molecule has 1 fully saturated rings. The van der Waals surface area contributed by atoms with Gasteiger partial charge in [0.05, 0.1) is 28.8 Å². The highest BCUT2D eigenvalue weighted by Crippen LogP contribution is 2.27. The summed E-state index contributed by atoms with van der Waals surface area (Å²) in [4.78, 5) is 23.1. The number of hydrogen-bond donors (Lipinski definition) is 1. The molecule has 2 aromatic carbocycles. The number of rotatable bonds is 5. The standard InChI is InChI=1S/C23H23ClN4O2/c24-17-15-25-22(26-16-17)30-21-13-11-18(12-14-21)27-23(29)28(19-7-3-1-4-8-19)20-9-5-2-6-10-20/h1-10,15-16,18,21H,11-14H2,(H,27,29). The van der Waals surface area contributed by atoms with Crippen LogP contribution in [-0.4, -0.2) is 28.1 Å². The Morgan fingerprint density at radius 1 is 0.900 bits per heavy atom. The second kappa shape index (κ2) is 9.59. The largest absolute Gasteiger partial charge is 0.460 e. The second-order valence-electron chi connectivity index (χ2n) is 7.23. The highest BCUT2D eigenvalue weighted by atomic mass is 35.5. The molecule has 1 N–H and O–H groups in total. The van der Waals surface area contributed by atoms with Crippen molar-refractivity contribution < 1.29 is 9.53 Å². The quantitative estimate of drug-likeness (QED) is 0.600. The van der Waals surface area contributed by atoms with Gasteiger partial charge in [-0.25, -0.2) is 14.8 Å². The van der Waals surface area contributed by atoms with E-state index in [1.165, 1.54) is 12.4 Å². The van der Waals surface area contributed by atoms with E-state index in [-0.39, 0.29) is 18.2 Å². The van der Waals surface area contributed by atoms with E-state index in [0.717, 1.165) is 37.1 Å². The number of nitrogens with one attached hydrogen (secondary N) is 1. The zero-order valence-electron chi connectivity index (χ0n) is 16.4. The second-order valence-corrected chi connectivity index (χ2v) is 7.67. The lowest BCUT2D eigenvalue weighted by Crippen LogP contribution is -2.45. The first-order chi connectivity index (χ1) is 14.7. The maximum atomic E-state index is 13.2. The van der Waals surface area contributed by atoms with Crippen LogP contribution in [0.3, 0.4) is 0 Å². The molecule has 0 atom stereocenters. The van der Waals surface area contributed by atoms with Crippen molar-refractivity contribution in [1.82, 2.24) is 15.3 Å². The van der Waals surface area contributed by atoms with Crippen molar-refractivity contribution in [1.29, 1.82) is 0 Å². The zero-order valence-corrected chi connectivity index (χ0v) is 17.2. The van der Waals surface area contributed by atoms with Gasteiger partial charge in [-0.2, -0.15) is 0 Å². The third-order valence-electron chi connectivity index (χ3n) is 5.10. The van der Waals surface area contributed by atoms with Crippen molar-refractivity contribution in [3.63, 3.8) is 0 Å². The highest BCUT2D eigenvalue weighted by molar-refractivity contribution is 6.30. The molecule has 1 heterocycles. The summed E-state index contributed by atoms with van der Waals surface area (Å²) in [5.41, 5.74) is 1.66. The maximum absolute atomic E-state index is 13.2. The van der Waals surface area contributed by atoms with Crippen molar-refractivity contribution in [2.75, 3.05) is 4.90 Å². The van der Waals surface area contributed by atoms with Gasteiger partial charge in [0.2, 0.25) is 0 Å². The molecule has 6 nitrogen and oxygen atoms in total. The number of amides is 2. The van der Waals surface area contributed by atoms with E-state index in [1.807, 2.05) is 60.7 Å². The average Bonchev–Trinajstić information content (AvgIpc) is 2.78. The number of ether oxygens (including phenoxy) is 1. The molecule has 0 saturated heterocycles. The van der Waals surface area contributed by atoms with Crippen LogP contribution in [-0.2, 0) is 0 Å². The Morgan fingerprint density at radius 3 is 1.97 bits per heavy atom. The molecule has 1 saturated carbocycles. The topological polar surface area (TPSA) is 67.3 Å². The molecule has 1 aliphatic carbocycles. The van der Waals surface area contributed by atoms with Gasteiger partial charge in [-0.15, -0.1) is 0 Å². The Labute approximate surface area is 180 Å². The molecule has 3 aromatic rings. The van der Waals surface area contributed by atoms with Gasteiger partial charge in [0.15, 0.2) is 0 Å². The molecule has 1 aromatic heterocycles. The monoisotopic (exact) mass is 422 g/mol. The van der Waals surface area contributed by atoms with Crippen LogP contribution in [0, 0.1) is 0 Å². The van der Waals surface area contributed by atoms with E-state index >= 15 is 0 Å². The lowest BCUT2D eigenvalue weighted by atomic mass is 9.93. The number of urea groups is 1. The SMILES string of the molecule is O=C(NC1CCC(Oc2ncc(Cl)cn2)CC1)N(c1ccccc1)c1ccccc1. The average molecular weight is 423 g/mol. The van der Waals surface area contributed by atoms with Gasteiger partial charge in [0.25, 0.3) is 0 Å². The van der Waals surface area contributed by atoms with Crippen molar-refractivity contribution in [3.8, 4) is 6.01 Å². The number of anilines is 2. The summed E-state index contributed by atoms with van der Waals surface area (Å²) in [5, 5.41) is 3.67. The smallest absolute Gasteiger partial charge is 0.326 e. The predicted octanol–water partition coefficient (Wildman–Crippen LogP) is 5.37. The lowest BCUT2D eigenvalue weighted by Gasteiger charge is -2.31. The minimum Gasteiger partial charge on any atom is -0.460 e. The lowest BCUT2D eigenvalue weighted by molar-refractivity contribution is 0.129. The van der Waals surface area contributed by atoms with Crippen LogP contribution in [0.15, 0.2) is 73.1 Å². The maximum Gasteiger partial charge on any atom is 0.326 e. The van der Waals surface area contributed by atoms with Crippen LogP contribution in [0.5, 0.6) is 6.01 Å². The van der Waals surface area contributed by atoms with Crippen LogP contribution in [0.4, 0.5) is 16.2 Å². The van der Waals surface area contributed by atoms with E-state index in [1.54, 1.807) is 4.90 Å². The first-order valence-corrected chi connectivity index (χ1v) is 10.4. The van der Waals surface area contributed by atoms with Crippen LogP contribution < -0.4 is 15.0 Å². The summed E-state index contributed by atoms with van der Waals surface area (Å²) in [5.74, 6) is 0. The summed E-state index contributed by atoms with van der Waals surface area (Å²) in [6.45, 7) is 0. The summed E-state index contributed by atoms with van der Waals surface area (Å²) in [7, 11) is 0. The van der Waals surface area contributed by atoms with E-state index in [9.17, 15) is 4.79 Å². The highest BCUT2D eigenvalue weighted by Gasteiger charge is 2.26. The first kappa shape index (κ1) is 20.2. The normalized spacial score (nSPS) is 18.4. The van der Waals surface area contributed by atoms with Gasteiger partial charge in [0.1, 0.15) is 6.10 Å². The van der Waals surface area contributed by atoms with Gasteiger partial charge < -0.3 is 10.1 Å². The molecule has 2 amide bonds. The molecule has 0 bridgehead atoms.